The Morgan fingerprint density at radius 2 is 2.43 bits per heavy atom. The first-order valence-electron chi connectivity index (χ1n) is 2.32. The molecule has 0 saturated heterocycles. The maximum atomic E-state index is 8.64. The predicted octanol–water partition coefficient (Wildman–Crippen LogP) is 0.677. The van der Waals surface area contributed by atoms with Crippen molar-refractivity contribution in [2.45, 2.75) is 19.4 Å². The molecule has 0 aliphatic carbocycles. The van der Waals surface area contributed by atoms with Crippen LogP contribution in [0.1, 0.15) is 13.3 Å². The van der Waals surface area contributed by atoms with E-state index in [4.69, 9.17) is 11.7 Å². The summed E-state index contributed by atoms with van der Waals surface area (Å²) in [4.78, 5) is 3.01. The van der Waals surface area contributed by atoms with Crippen molar-refractivity contribution in [3.63, 3.8) is 0 Å². The smallest absolute Gasteiger partial charge is 0.240 e. The first-order chi connectivity index (χ1) is 3.31. The van der Waals surface area contributed by atoms with E-state index in [1.54, 1.807) is 0 Å². The van der Waals surface area contributed by atoms with Crippen LogP contribution < -0.4 is 0 Å². The molecule has 0 aliphatic heterocycles. The van der Waals surface area contributed by atoms with Gasteiger partial charge >= 0.3 is 0 Å². The summed E-state index contributed by atoms with van der Waals surface area (Å²) in [5, 5.41) is 8.64. The second-order valence-electron chi connectivity index (χ2n) is 1.40. The number of aliphatic hydroxyl groups is 1. The molecule has 0 aromatic heterocycles. The van der Waals surface area contributed by atoms with E-state index in [9.17, 15) is 0 Å². The van der Waals surface area contributed by atoms with Crippen molar-refractivity contribution in [2.24, 2.45) is 0 Å². The van der Waals surface area contributed by atoms with E-state index in [1.807, 2.05) is 6.92 Å². The van der Waals surface area contributed by atoms with E-state index in [0.717, 1.165) is 0 Å². The van der Waals surface area contributed by atoms with Crippen LogP contribution in [0.4, 0.5) is 0 Å². The lowest BCUT2D eigenvalue weighted by Gasteiger charge is -1.93. The van der Waals surface area contributed by atoms with Gasteiger partial charge in [0, 0.05) is 0 Å². The molecule has 40 valence electrons. The van der Waals surface area contributed by atoms with Crippen LogP contribution in [0.25, 0.3) is 4.85 Å². The Balaban J connectivity index is 3.03. The van der Waals surface area contributed by atoms with E-state index < -0.39 is 6.10 Å². The first-order valence-corrected chi connectivity index (χ1v) is 2.32. The molecule has 0 spiro atoms. The largest absolute Gasteiger partial charge is 0.385 e. The van der Waals surface area contributed by atoms with Crippen LogP contribution in [-0.2, 0) is 0 Å². The zero-order valence-electron chi connectivity index (χ0n) is 4.39. The van der Waals surface area contributed by atoms with Crippen molar-refractivity contribution >= 4 is 0 Å². The van der Waals surface area contributed by atoms with Gasteiger partial charge < -0.3 is 9.95 Å². The molecular weight excluding hydrogens is 90.1 g/mol. The van der Waals surface area contributed by atoms with Crippen LogP contribution in [0, 0.1) is 6.57 Å². The molecule has 0 aromatic rings. The van der Waals surface area contributed by atoms with E-state index in [2.05, 4.69) is 4.85 Å². The van der Waals surface area contributed by atoms with Gasteiger partial charge in [-0.2, -0.15) is 0 Å². The minimum absolute atomic E-state index is 0.247. The lowest BCUT2D eigenvalue weighted by atomic mass is 10.3. The van der Waals surface area contributed by atoms with Crippen LogP contribution in [-0.4, -0.2) is 17.8 Å². The summed E-state index contributed by atoms with van der Waals surface area (Å²) >= 11 is 0. The summed E-state index contributed by atoms with van der Waals surface area (Å²) in [7, 11) is 0. The minimum atomic E-state index is -0.405. The highest BCUT2D eigenvalue weighted by Gasteiger charge is 1.99. The standard InChI is InChI=1S/C5H9NO/c1-3-5(7)4-6-2/h5,7H,3-4H2,1H3/t5-/m0/s1. The minimum Gasteiger partial charge on any atom is -0.385 e. The van der Waals surface area contributed by atoms with E-state index in [-0.39, 0.29) is 6.54 Å². The molecule has 2 nitrogen and oxygen atoms in total. The van der Waals surface area contributed by atoms with Gasteiger partial charge in [0.1, 0.15) is 6.10 Å². The highest BCUT2D eigenvalue weighted by molar-refractivity contribution is 4.65. The third-order valence-corrected chi connectivity index (χ3v) is 0.773. The van der Waals surface area contributed by atoms with Gasteiger partial charge in [0.25, 0.3) is 0 Å². The fraction of sp³-hybridized carbons (Fsp3) is 0.800. The Morgan fingerprint density at radius 3 is 2.57 bits per heavy atom. The van der Waals surface area contributed by atoms with Crippen LogP contribution in [0.3, 0.4) is 0 Å². The third-order valence-electron chi connectivity index (χ3n) is 0.773. The molecule has 0 amide bonds. The lowest BCUT2D eigenvalue weighted by Crippen LogP contribution is -2.06. The van der Waals surface area contributed by atoms with Crippen molar-refractivity contribution in [3.8, 4) is 0 Å². The quantitative estimate of drug-likeness (QED) is 0.506. The summed E-state index contributed by atoms with van der Waals surface area (Å²) < 4.78 is 0. The Hall–Kier alpha value is -0.550. The number of nitrogens with zero attached hydrogens (tertiary/aromatic N) is 1. The topological polar surface area (TPSA) is 24.6 Å². The van der Waals surface area contributed by atoms with Crippen LogP contribution in [0.2, 0.25) is 0 Å². The van der Waals surface area contributed by atoms with Crippen LogP contribution >= 0.6 is 0 Å². The second-order valence-corrected chi connectivity index (χ2v) is 1.40. The number of hydrogen-bond donors (Lipinski definition) is 1. The van der Waals surface area contributed by atoms with Crippen LogP contribution in [0.5, 0.6) is 0 Å². The molecule has 0 unspecified atom stereocenters. The predicted molar refractivity (Wildman–Crippen MR) is 27.8 cm³/mol. The zero-order chi connectivity index (χ0) is 5.70. The van der Waals surface area contributed by atoms with Gasteiger partial charge in [0.2, 0.25) is 6.54 Å². The molecule has 0 aromatic carbocycles. The fourth-order valence-electron chi connectivity index (χ4n) is 0.234. The Bertz CT molecular complexity index is 74.6. The fourth-order valence-corrected chi connectivity index (χ4v) is 0.234. The van der Waals surface area contributed by atoms with Gasteiger partial charge in [0.15, 0.2) is 0 Å². The molecule has 0 heterocycles. The summed E-state index contributed by atoms with van der Waals surface area (Å²) in [6.07, 6.45) is 0.278. The van der Waals surface area contributed by atoms with Crippen molar-refractivity contribution in [2.75, 3.05) is 6.54 Å². The number of rotatable bonds is 2. The Kier molecular flexibility index (Phi) is 3.35. The summed E-state index contributed by atoms with van der Waals surface area (Å²) in [6.45, 7) is 8.40. The molecule has 0 aliphatic rings. The molecular formula is C5H9NO. The molecule has 0 fully saturated rings. The first kappa shape index (κ1) is 6.45. The highest BCUT2D eigenvalue weighted by Crippen LogP contribution is 1.87. The van der Waals surface area contributed by atoms with Crippen molar-refractivity contribution in [3.05, 3.63) is 11.4 Å². The number of hydrogen-bond acceptors (Lipinski definition) is 1. The monoisotopic (exact) mass is 99.1 g/mol. The summed E-state index contributed by atoms with van der Waals surface area (Å²) in [6, 6.07) is 0. The van der Waals surface area contributed by atoms with Gasteiger partial charge in [-0.3, -0.25) is 0 Å². The van der Waals surface area contributed by atoms with Crippen molar-refractivity contribution < 1.29 is 5.11 Å². The highest BCUT2D eigenvalue weighted by atomic mass is 16.3. The van der Waals surface area contributed by atoms with E-state index >= 15 is 0 Å². The molecule has 0 rings (SSSR count). The van der Waals surface area contributed by atoms with Gasteiger partial charge in [-0.15, -0.1) is 0 Å². The van der Waals surface area contributed by atoms with E-state index in [0.29, 0.717) is 6.42 Å². The molecule has 7 heavy (non-hydrogen) atoms. The van der Waals surface area contributed by atoms with Crippen molar-refractivity contribution in [1.29, 1.82) is 0 Å². The molecule has 0 saturated carbocycles. The summed E-state index contributed by atoms with van der Waals surface area (Å²) in [5.41, 5.74) is 0. The summed E-state index contributed by atoms with van der Waals surface area (Å²) in [5.74, 6) is 0. The zero-order valence-corrected chi connectivity index (χ0v) is 4.39. The molecule has 0 bridgehead atoms. The maximum Gasteiger partial charge on any atom is 0.240 e. The SMILES string of the molecule is [C-]#[N+]C[C@@H](O)CC. The Morgan fingerprint density at radius 1 is 1.86 bits per heavy atom. The van der Waals surface area contributed by atoms with Crippen LogP contribution in [0.15, 0.2) is 0 Å². The lowest BCUT2D eigenvalue weighted by molar-refractivity contribution is 0.187. The average molecular weight is 99.1 g/mol. The molecule has 2 heteroatoms. The van der Waals surface area contributed by atoms with Gasteiger partial charge in [-0.25, -0.2) is 6.57 Å². The third kappa shape index (κ3) is 3.28. The van der Waals surface area contributed by atoms with Gasteiger partial charge in [-0.05, 0) is 6.42 Å². The van der Waals surface area contributed by atoms with E-state index in [1.165, 1.54) is 0 Å². The Labute approximate surface area is 43.6 Å². The molecule has 1 atom stereocenters. The number of aliphatic hydroxyl groups excluding tert-OH is 1. The molecule has 0 radical (unpaired) electrons. The maximum absolute atomic E-state index is 8.64. The van der Waals surface area contributed by atoms with Gasteiger partial charge in [-0.1, -0.05) is 6.92 Å². The second kappa shape index (κ2) is 3.63. The average Bonchev–Trinajstić information content (AvgIpc) is 1.68. The van der Waals surface area contributed by atoms with Gasteiger partial charge in [0.05, 0.1) is 0 Å². The normalized spacial score (nSPS) is 12.7. The molecule has 1 N–H and O–H groups in total. The van der Waals surface area contributed by atoms with Crippen molar-refractivity contribution in [1.82, 2.24) is 0 Å².